The molecule has 0 bridgehead atoms. The van der Waals surface area contributed by atoms with Gasteiger partial charge in [-0.1, -0.05) is 6.07 Å². The van der Waals surface area contributed by atoms with Gasteiger partial charge in [0.1, 0.15) is 11.5 Å². The van der Waals surface area contributed by atoms with Crippen molar-refractivity contribution in [3.63, 3.8) is 0 Å². The number of rotatable bonds is 3. The third-order valence-electron chi connectivity index (χ3n) is 2.79. The molecule has 0 fully saturated rings. The number of nitrogens with zero attached hydrogens (tertiary/aromatic N) is 1. The van der Waals surface area contributed by atoms with E-state index in [0.717, 1.165) is 5.39 Å². The number of hydrogen-bond acceptors (Lipinski definition) is 5. The predicted octanol–water partition coefficient (Wildman–Crippen LogP) is 3.95. The van der Waals surface area contributed by atoms with Crippen molar-refractivity contribution in [3.8, 4) is 0 Å². The fourth-order valence-electron chi connectivity index (χ4n) is 1.77. The first-order chi connectivity index (χ1) is 10.0. The van der Waals surface area contributed by atoms with Crippen molar-refractivity contribution < 1.29 is 14.0 Å². The summed E-state index contributed by atoms with van der Waals surface area (Å²) in [6.07, 6.45) is 0. The normalized spacial score (nSPS) is 10.8. The summed E-state index contributed by atoms with van der Waals surface area (Å²) in [5.41, 5.74) is 0.328. The number of carbonyl (C=O) groups excluding carboxylic acids is 2. The number of ketones is 1. The number of hydrogen-bond donors (Lipinski definition) is 1. The number of benzene rings is 1. The first-order valence-electron chi connectivity index (χ1n) is 6.00. The number of amides is 1. The summed E-state index contributed by atoms with van der Waals surface area (Å²) in [7, 11) is 0. The number of fused-ring (bicyclic) bond motifs is 1. The van der Waals surface area contributed by atoms with E-state index >= 15 is 0 Å². The summed E-state index contributed by atoms with van der Waals surface area (Å²) in [5, 5.41) is 5.42. The van der Waals surface area contributed by atoms with E-state index in [1.165, 1.54) is 41.7 Å². The Morgan fingerprint density at radius 2 is 2.10 bits per heavy atom. The molecule has 0 spiro atoms. The maximum atomic E-state index is 13.1. The zero-order valence-corrected chi connectivity index (χ0v) is 12.5. The van der Waals surface area contributed by atoms with Crippen molar-refractivity contribution in [2.24, 2.45) is 0 Å². The molecule has 0 atom stereocenters. The molecule has 3 rings (SSSR count). The first-order valence-corrected chi connectivity index (χ1v) is 7.69. The predicted molar refractivity (Wildman–Crippen MR) is 81.9 cm³/mol. The van der Waals surface area contributed by atoms with E-state index in [0.29, 0.717) is 20.4 Å². The Morgan fingerprint density at radius 1 is 1.29 bits per heavy atom. The third kappa shape index (κ3) is 2.84. The van der Waals surface area contributed by atoms with Crippen molar-refractivity contribution in [1.29, 1.82) is 0 Å². The summed E-state index contributed by atoms with van der Waals surface area (Å²) in [6.45, 7) is 1.42. The number of anilines is 1. The van der Waals surface area contributed by atoms with Gasteiger partial charge in [0.05, 0.1) is 4.88 Å². The zero-order chi connectivity index (χ0) is 15.0. The van der Waals surface area contributed by atoms with Crippen LogP contribution in [0.15, 0.2) is 29.6 Å². The smallest absolute Gasteiger partial charge is 0.267 e. The van der Waals surface area contributed by atoms with Crippen molar-refractivity contribution >= 4 is 49.6 Å². The summed E-state index contributed by atoms with van der Waals surface area (Å²) < 4.78 is 13.8. The molecule has 4 nitrogen and oxygen atoms in total. The number of carbonyl (C=O) groups is 2. The van der Waals surface area contributed by atoms with Crippen LogP contribution in [0.25, 0.3) is 10.1 Å². The van der Waals surface area contributed by atoms with Crippen LogP contribution in [0.2, 0.25) is 0 Å². The van der Waals surface area contributed by atoms with Gasteiger partial charge in [-0.05, 0) is 23.6 Å². The quantitative estimate of drug-likeness (QED) is 0.743. The Hall–Kier alpha value is -2.12. The SMILES string of the molecule is CC(=O)c1csc(NC(=O)c2cc3ccc(F)cc3s2)n1. The summed E-state index contributed by atoms with van der Waals surface area (Å²) >= 11 is 2.40. The Kier molecular flexibility index (Phi) is 3.52. The molecule has 0 unspecified atom stereocenters. The van der Waals surface area contributed by atoms with Crippen LogP contribution in [0.1, 0.15) is 27.1 Å². The van der Waals surface area contributed by atoms with Crippen LogP contribution in [-0.2, 0) is 0 Å². The molecular weight excluding hydrogens is 311 g/mol. The van der Waals surface area contributed by atoms with Crippen molar-refractivity contribution in [3.05, 3.63) is 46.0 Å². The summed E-state index contributed by atoms with van der Waals surface area (Å²) in [6, 6.07) is 6.09. The summed E-state index contributed by atoms with van der Waals surface area (Å²) in [5.74, 6) is -0.799. The molecule has 106 valence electrons. The van der Waals surface area contributed by atoms with Gasteiger partial charge in [-0.25, -0.2) is 9.37 Å². The van der Waals surface area contributed by atoms with Crippen LogP contribution < -0.4 is 5.32 Å². The Bertz CT molecular complexity index is 854. The molecule has 1 aromatic carbocycles. The van der Waals surface area contributed by atoms with Gasteiger partial charge >= 0.3 is 0 Å². The highest BCUT2D eigenvalue weighted by Gasteiger charge is 2.13. The van der Waals surface area contributed by atoms with Crippen molar-refractivity contribution in [2.45, 2.75) is 6.92 Å². The molecule has 1 amide bonds. The van der Waals surface area contributed by atoms with Gasteiger partial charge in [0.15, 0.2) is 10.9 Å². The van der Waals surface area contributed by atoms with E-state index in [9.17, 15) is 14.0 Å². The van der Waals surface area contributed by atoms with Crippen LogP contribution in [0.5, 0.6) is 0 Å². The molecule has 21 heavy (non-hydrogen) atoms. The van der Waals surface area contributed by atoms with Gasteiger partial charge in [0.2, 0.25) is 0 Å². The Morgan fingerprint density at radius 3 is 2.81 bits per heavy atom. The average molecular weight is 320 g/mol. The second-order valence-electron chi connectivity index (χ2n) is 4.34. The molecule has 0 aliphatic heterocycles. The Labute approximate surface area is 127 Å². The topological polar surface area (TPSA) is 59.1 Å². The molecule has 0 aliphatic rings. The molecule has 0 saturated heterocycles. The van der Waals surface area contributed by atoms with E-state index in [1.54, 1.807) is 17.5 Å². The minimum absolute atomic E-state index is 0.149. The van der Waals surface area contributed by atoms with E-state index in [2.05, 4.69) is 10.3 Å². The van der Waals surface area contributed by atoms with Gasteiger partial charge in [0.25, 0.3) is 5.91 Å². The minimum Gasteiger partial charge on any atom is -0.297 e. The molecule has 1 N–H and O–H groups in total. The third-order valence-corrected chi connectivity index (χ3v) is 4.65. The number of thiazole rings is 1. The van der Waals surface area contributed by atoms with Crippen molar-refractivity contribution in [1.82, 2.24) is 4.98 Å². The van der Waals surface area contributed by atoms with Gasteiger partial charge in [-0.2, -0.15) is 0 Å². The number of aromatic nitrogens is 1. The lowest BCUT2D eigenvalue weighted by atomic mass is 10.2. The van der Waals surface area contributed by atoms with E-state index in [-0.39, 0.29) is 17.5 Å². The van der Waals surface area contributed by atoms with Gasteiger partial charge in [0, 0.05) is 17.0 Å². The lowest BCUT2D eigenvalue weighted by molar-refractivity contribution is 0.100. The highest BCUT2D eigenvalue weighted by molar-refractivity contribution is 7.21. The Balaban J connectivity index is 1.84. The van der Waals surface area contributed by atoms with E-state index in [1.807, 2.05) is 0 Å². The molecule has 0 aliphatic carbocycles. The molecular formula is C14H9FN2O2S2. The molecule has 3 aromatic rings. The standard InChI is InChI=1S/C14H9FN2O2S2/c1-7(18)10-6-20-14(16-10)17-13(19)12-4-8-2-3-9(15)5-11(8)21-12/h2-6H,1H3,(H,16,17,19). The first kappa shape index (κ1) is 13.8. The van der Waals surface area contributed by atoms with E-state index in [4.69, 9.17) is 0 Å². The fourth-order valence-corrected chi connectivity index (χ4v) is 3.50. The second kappa shape index (κ2) is 5.34. The molecule has 0 saturated carbocycles. The molecule has 2 aromatic heterocycles. The second-order valence-corrected chi connectivity index (χ2v) is 6.28. The molecule has 0 radical (unpaired) electrons. The van der Waals surface area contributed by atoms with Gasteiger partial charge in [-0.3, -0.25) is 14.9 Å². The molecule has 7 heteroatoms. The highest BCUT2D eigenvalue weighted by Crippen LogP contribution is 2.27. The largest absolute Gasteiger partial charge is 0.297 e. The van der Waals surface area contributed by atoms with Crippen LogP contribution >= 0.6 is 22.7 Å². The lowest BCUT2D eigenvalue weighted by Crippen LogP contribution is -2.10. The number of halogens is 1. The minimum atomic E-state index is -0.331. The van der Waals surface area contributed by atoms with Crippen LogP contribution in [0.4, 0.5) is 9.52 Å². The number of nitrogens with one attached hydrogen (secondary N) is 1. The zero-order valence-electron chi connectivity index (χ0n) is 10.8. The monoisotopic (exact) mass is 320 g/mol. The van der Waals surface area contributed by atoms with E-state index < -0.39 is 0 Å². The van der Waals surface area contributed by atoms with Crippen molar-refractivity contribution in [2.75, 3.05) is 5.32 Å². The van der Waals surface area contributed by atoms with Gasteiger partial charge in [-0.15, -0.1) is 22.7 Å². The van der Waals surface area contributed by atoms with Crippen LogP contribution in [-0.4, -0.2) is 16.7 Å². The molecule has 2 heterocycles. The maximum absolute atomic E-state index is 13.1. The van der Waals surface area contributed by atoms with Crippen LogP contribution in [0, 0.1) is 5.82 Å². The van der Waals surface area contributed by atoms with Gasteiger partial charge < -0.3 is 0 Å². The van der Waals surface area contributed by atoms with Crippen LogP contribution in [0.3, 0.4) is 0 Å². The fraction of sp³-hybridized carbons (Fsp3) is 0.0714. The number of thiophene rings is 1. The maximum Gasteiger partial charge on any atom is 0.267 e. The highest BCUT2D eigenvalue weighted by atomic mass is 32.1. The summed E-state index contributed by atoms with van der Waals surface area (Å²) in [4.78, 5) is 27.8. The average Bonchev–Trinajstić information content (AvgIpc) is 3.04. The lowest BCUT2D eigenvalue weighted by Gasteiger charge is -1.97. The number of Topliss-reactive ketones (excluding diaryl/α,β-unsaturated/α-hetero) is 1.